The highest BCUT2D eigenvalue weighted by molar-refractivity contribution is 5.76. The van der Waals surface area contributed by atoms with Gasteiger partial charge in [-0.2, -0.15) is 0 Å². The number of nitrogens with one attached hydrogen (secondary N) is 1. The Morgan fingerprint density at radius 2 is 1.66 bits per heavy atom. The third kappa shape index (κ3) is 4.74. The summed E-state index contributed by atoms with van der Waals surface area (Å²) in [6.07, 6.45) is 2.67. The highest BCUT2D eigenvalue weighted by atomic mass is 16.5. The molecule has 2 heterocycles. The predicted molar refractivity (Wildman–Crippen MR) is 115 cm³/mol. The SMILES string of the molecule is CC(C)Oc1cc(OC(C)Cc2ccccc2)cc(-c2nc3ncccc3[nH]2)c1. The van der Waals surface area contributed by atoms with Gasteiger partial charge in [0.25, 0.3) is 0 Å². The fraction of sp³-hybridized carbons (Fsp3) is 0.250. The molecule has 0 bridgehead atoms. The molecule has 0 spiro atoms. The Bertz CT molecular complexity index is 1060. The van der Waals surface area contributed by atoms with Gasteiger partial charge in [-0.05, 0) is 50.6 Å². The van der Waals surface area contributed by atoms with Crippen molar-refractivity contribution in [3.05, 3.63) is 72.4 Å². The lowest BCUT2D eigenvalue weighted by atomic mass is 10.1. The lowest BCUT2D eigenvalue weighted by Gasteiger charge is -2.17. The number of H-pyrrole nitrogens is 1. The lowest BCUT2D eigenvalue weighted by molar-refractivity contribution is 0.216. The summed E-state index contributed by atoms with van der Waals surface area (Å²) in [6, 6.07) is 20.1. The molecule has 1 N–H and O–H groups in total. The Labute approximate surface area is 170 Å². The van der Waals surface area contributed by atoms with Crippen LogP contribution in [0.25, 0.3) is 22.6 Å². The summed E-state index contributed by atoms with van der Waals surface area (Å²) >= 11 is 0. The second kappa shape index (κ2) is 8.35. The Morgan fingerprint density at radius 1 is 0.897 bits per heavy atom. The molecule has 5 heteroatoms. The molecule has 1 unspecified atom stereocenters. The third-order valence-electron chi connectivity index (χ3n) is 4.49. The first-order valence-corrected chi connectivity index (χ1v) is 9.90. The van der Waals surface area contributed by atoms with E-state index in [1.165, 1.54) is 5.56 Å². The van der Waals surface area contributed by atoms with Gasteiger partial charge in [0.05, 0.1) is 17.7 Å². The van der Waals surface area contributed by atoms with Crippen LogP contribution in [-0.4, -0.2) is 27.2 Å². The van der Waals surface area contributed by atoms with Crippen molar-refractivity contribution in [1.29, 1.82) is 0 Å². The molecule has 4 rings (SSSR count). The van der Waals surface area contributed by atoms with E-state index < -0.39 is 0 Å². The maximum Gasteiger partial charge on any atom is 0.178 e. The summed E-state index contributed by atoms with van der Waals surface area (Å²) in [6.45, 7) is 6.10. The quantitative estimate of drug-likeness (QED) is 0.460. The van der Waals surface area contributed by atoms with Gasteiger partial charge in [0.1, 0.15) is 17.3 Å². The van der Waals surface area contributed by atoms with Crippen molar-refractivity contribution in [2.24, 2.45) is 0 Å². The maximum atomic E-state index is 6.24. The number of aromatic nitrogens is 3. The van der Waals surface area contributed by atoms with E-state index in [-0.39, 0.29) is 12.2 Å². The number of hydrogen-bond donors (Lipinski definition) is 1. The van der Waals surface area contributed by atoms with E-state index in [4.69, 9.17) is 9.47 Å². The van der Waals surface area contributed by atoms with Crippen LogP contribution in [0.2, 0.25) is 0 Å². The molecule has 29 heavy (non-hydrogen) atoms. The van der Waals surface area contributed by atoms with Gasteiger partial charge in [-0.15, -0.1) is 0 Å². The topological polar surface area (TPSA) is 60.0 Å². The van der Waals surface area contributed by atoms with E-state index in [0.29, 0.717) is 5.65 Å². The first-order chi connectivity index (χ1) is 14.1. The van der Waals surface area contributed by atoms with E-state index in [2.05, 4.69) is 34.0 Å². The van der Waals surface area contributed by atoms with Crippen LogP contribution in [0.3, 0.4) is 0 Å². The summed E-state index contributed by atoms with van der Waals surface area (Å²) in [7, 11) is 0. The number of aromatic amines is 1. The molecule has 1 atom stereocenters. The van der Waals surface area contributed by atoms with Crippen LogP contribution in [0, 0.1) is 0 Å². The molecule has 2 aromatic carbocycles. The molecular weight excluding hydrogens is 362 g/mol. The van der Waals surface area contributed by atoms with Gasteiger partial charge in [0.15, 0.2) is 5.65 Å². The smallest absolute Gasteiger partial charge is 0.178 e. The van der Waals surface area contributed by atoms with Gasteiger partial charge >= 0.3 is 0 Å². The normalized spacial score (nSPS) is 12.3. The zero-order chi connectivity index (χ0) is 20.2. The van der Waals surface area contributed by atoms with Gasteiger partial charge in [0, 0.05) is 24.2 Å². The summed E-state index contributed by atoms with van der Waals surface area (Å²) in [5.74, 6) is 2.26. The number of benzene rings is 2. The van der Waals surface area contributed by atoms with E-state index in [9.17, 15) is 0 Å². The van der Waals surface area contributed by atoms with Crippen LogP contribution in [0.15, 0.2) is 66.9 Å². The molecule has 148 valence electrons. The summed E-state index contributed by atoms with van der Waals surface area (Å²) in [5.41, 5.74) is 3.75. The number of imidazole rings is 1. The molecule has 0 aliphatic carbocycles. The van der Waals surface area contributed by atoms with Crippen molar-refractivity contribution in [2.75, 3.05) is 0 Å². The van der Waals surface area contributed by atoms with Crippen molar-refractivity contribution in [3.8, 4) is 22.9 Å². The molecule has 0 saturated heterocycles. The van der Waals surface area contributed by atoms with Crippen molar-refractivity contribution in [1.82, 2.24) is 15.0 Å². The first-order valence-electron chi connectivity index (χ1n) is 9.90. The molecule has 2 aromatic heterocycles. The summed E-state index contributed by atoms with van der Waals surface area (Å²) in [4.78, 5) is 12.3. The minimum absolute atomic E-state index is 0.0249. The molecular formula is C24H25N3O2. The summed E-state index contributed by atoms with van der Waals surface area (Å²) in [5, 5.41) is 0. The van der Waals surface area contributed by atoms with E-state index in [1.54, 1.807) is 6.20 Å². The highest BCUT2D eigenvalue weighted by Crippen LogP contribution is 2.31. The highest BCUT2D eigenvalue weighted by Gasteiger charge is 2.13. The van der Waals surface area contributed by atoms with Gasteiger partial charge in [-0.1, -0.05) is 30.3 Å². The minimum Gasteiger partial charge on any atom is -0.491 e. The second-order valence-corrected chi connectivity index (χ2v) is 7.44. The van der Waals surface area contributed by atoms with Gasteiger partial charge < -0.3 is 14.5 Å². The van der Waals surface area contributed by atoms with Crippen LogP contribution in [0.4, 0.5) is 0 Å². The molecule has 0 aliphatic rings. The van der Waals surface area contributed by atoms with Crippen molar-refractivity contribution in [2.45, 2.75) is 39.4 Å². The van der Waals surface area contributed by atoms with Gasteiger partial charge in [-0.3, -0.25) is 0 Å². The number of nitrogens with zero attached hydrogens (tertiary/aromatic N) is 2. The number of rotatable bonds is 7. The first kappa shape index (κ1) is 19.0. The molecule has 0 aliphatic heterocycles. The zero-order valence-electron chi connectivity index (χ0n) is 16.9. The Hall–Kier alpha value is -3.34. The van der Waals surface area contributed by atoms with Crippen LogP contribution in [0.1, 0.15) is 26.3 Å². The number of fused-ring (bicyclic) bond motifs is 1. The number of hydrogen-bond acceptors (Lipinski definition) is 4. The molecule has 4 aromatic rings. The van der Waals surface area contributed by atoms with Crippen LogP contribution in [-0.2, 0) is 6.42 Å². The molecule has 5 nitrogen and oxygen atoms in total. The predicted octanol–water partition coefficient (Wildman–Crippen LogP) is 5.42. The molecule has 0 amide bonds. The molecule has 0 radical (unpaired) electrons. The van der Waals surface area contributed by atoms with Crippen LogP contribution < -0.4 is 9.47 Å². The fourth-order valence-corrected chi connectivity index (χ4v) is 3.32. The number of ether oxygens (including phenoxy) is 2. The van der Waals surface area contributed by atoms with E-state index >= 15 is 0 Å². The average Bonchev–Trinajstić information content (AvgIpc) is 3.12. The zero-order valence-corrected chi connectivity index (χ0v) is 16.9. The Kier molecular flexibility index (Phi) is 5.47. The fourth-order valence-electron chi connectivity index (χ4n) is 3.32. The standard InChI is InChI=1S/C24H25N3O2/c1-16(2)28-20-13-19(23-26-22-10-7-11-25-24(22)27-23)14-21(15-20)29-17(3)12-18-8-5-4-6-9-18/h4-11,13-17H,12H2,1-3H3,(H,25,26,27). The van der Waals surface area contributed by atoms with E-state index in [1.807, 2.05) is 62.4 Å². The van der Waals surface area contributed by atoms with Crippen LogP contribution in [0.5, 0.6) is 11.5 Å². The maximum absolute atomic E-state index is 6.24. The van der Waals surface area contributed by atoms with E-state index in [0.717, 1.165) is 34.8 Å². The summed E-state index contributed by atoms with van der Waals surface area (Å²) < 4.78 is 12.2. The number of pyridine rings is 1. The minimum atomic E-state index is 0.0249. The second-order valence-electron chi connectivity index (χ2n) is 7.44. The Balaban J connectivity index is 1.63. The van der Waals surface area contributed by atoms with Crippen molar-refractivity contribution >= 4 is 11.2 Å². The lowest BCUT2D eigenvalue weighted by Crippen LogP contribution is -2.15. The molecule has 0 saturated carbocycles. The third-order valence-corrected chi connectivity index (χ3v) is 4.49. The van der Waals surface area contributed by atoms with Crippen molar-refractivity contribution < 1.29 is 9.47 Å². The van der Waals surface area contributed by atoms with Crippen LogP contribution >= 0.6 is 0 Å². The Morgan fingerprint density at radius 3 is 2.38 bits per heavy atom. The van der Waals surface area contributed by atoms with Gasteiger partial charge in [-0.25, -0.2) is 9.97 Å². The molecule has 0 fully saturated rings. The van der Waals surface area contributed by atoms with Gasteiger partial charge in [0.2, 0.25) is 0 Å². The largest absolute Gasteiger partial charge is 0.491 e. The average molecular weight is 387 g/mol. The monoisotopic (exact) mass is 387 g/mol. The van der Waals surface area contributed by atoms with Crippen molar-refractivity contribution in [3.63, 3.8) is 0 Å².